The van der Waals surface area contributed by atoms with Gasteiger partial charge >= 0.3 is 0 Å². The second-order valence-corrected chi connectivity index (χ2v) is 27.8. The molecular weight excluding hydrogens is 1130 g/mol. The van der Waals surface area contributed by atoms with E-state index in [1.807, 2.05) is 6.08 Å². The summed E-state index contributed by atoms with van der Waals surface area (Å²) in [6.45, 7) is 3.80. The molecule has 0 bridgehead atoms. The zero-order valence-electron chi connectivity index (χ0n) is 60.1. The Morgan fingerprint density at radius 3 is 0.989 bits per heavy atom. The van der Waals surface area contributed by atoms with Gasteiger partial charge in [-0.3, -0.25) is 4.79 Å². The summed E-state index contributed by atoms with van der Waals surface area (Å²) in [5.41, 5.74) is 0. The molecule has 0 saturated carbocycles. The molecule has 1 heterocycles. The SMILES string of the molecule is CCCCCCC/C=C\C/C=C\CCCCCCCCCCCCCCCCCCCCCCCCCCCCCCCC(=O)NC(COC1OC(CO)C(O)C(O)C1O)C(O)/C=C/CC/C=C/CC/C=C/CCCCCCCCCCCCCCCCCCC. The van der Waals surface area contributed by atoms with Gasteiger partial charge in [-0.1, -0.05) is 376 Å². The zero-order valence-corrected chi connectivity index (χ0v) is 60.1. The fraction of sp³-hybridized carbons (Fsp3) is 0.866. The number of rotatable bonds is 71. The average molecular weight is 1280 g/mol. The number of hydrogen-bond donors (Lipinski definition) is 6. The third-order valence-corrected chi connectivity index (χ3v) is 19.0. The number of carbonyl (C=O) groups is 1. The Labute approximate surface area is 564 Å². The summed E-state index contributed by atoms with van der Waals surface area (Å²) in [4.78, 5) is 13.2. The molecule has 1 rings (SSSR count). The summed E-state index contributed by atoms with van der Waals surface area (Å²) in [6.07, 6.45) is 92.4. The number of carbonyl (C=O) groups excluding carboxylic acids is 1. The second kappa shape index (κ2) is 70.7. The Bertz CT molecular complexity index is 1630. The summed E-state index contributed by atoms with van der Waals surface area (Å²) in [7, 11) is 0. The van der Waals surface area contributed by atoms with E-state index in [0.29, 0.717) is 6.42 Å². The highest BCUT2D eigenvalue weighted by atomic mass is 16.7. The van der Waals surface area contributed by atoms with E-state index in [9.17, 15) is 30.3 Å². The van der Waals surface area contributed by atoms with Crippen molar-refractivity contribution in [1.82, 2.24) is 5.32 Å². The molecule has 0 radical (unpaired) electrons. The zero-order chi connectivity index (χ0) is 65.7. The van der Waals surface area contributed by atoms with Crippen LogP contribution >= 0.6 is 0 Å². The minimum atomic E-state index is -1.58. The van der Waals surface area contributed by atoms with E-state index in [2.05, 4.69) is 67.8 Å². The van der Waals surface area contributed by atoms with Crippen molar-refractivity contribution >= 4 is 5.91 Å². The Balaban J connectivity index is 2.06. The van der Waals surface area contributed by atoms with Gasteiger partial charge in [-0.25, -0.2) is 0 Å². The molecule has 1 amide bonds. The van der Waals surface area contributed by atoms with Gasteiger partial charge in [0.15, 0.2) is 6.29 Å². The lowest BCUT2D eigenvalue weighted by Crippen LogP contribution is -2.60. The van der Waals surface area contributed by atoms with E-state index in [4.69, 9.17) is 9.47 Å². The number of hydrogen-bond acceptors (Lipinski definition) is 8. The van der Waals surface area contributed by atoms with Crippen molar-refractivity contribution in [3.05, 3.63) is 60.8 Å². The first-order valence-electron chi connectivity index (χ1n) is 40.0. The number of nitrogens with one attached hydrogen (secondary N) is 1. The lowest BCUT2D eigenvalue weighted by Gasteiger charge is -2.40. The average Bonchev–Trinajstić information content (AvgIpc) is 1.58. The fourth-order valence-electron chi connectivity index (χ4n) is 12.8. The first-order valence-corrected chi connectivity index (χ1v) is 40.0. The summed E-state index contributed by atoms with van der Waals surface area (Å²) < 4.78 is 11.3. The topological polar surface area (TPSA) is 149 Å². The molecule has 91 heavy (non-hydrogen) atoms. The van der Waals surface area contributed by atoms with Crippen molar-refractivity contribution in [1.29, 1.82) is 0 Å². The predicted molar refractivity (Wildman–Crippen MR) is 392 cm³/mol. The first kappa shape index (κ1) is 86.9. The van der Waals surface area contributed by atoms with Gasteiger partial charge in [0, 0.05) is 6.42 Å². The third kappa shape index (κ3) is 58.9. The van der Waals surface area contributed by atoms with Gasteiger partial charge < -0.3 is 40.3 Å². The van der Waals surface area contributed by atoms with E-state index in [1.54, 1.807) is 6.08 Å². The van der Waals surface area contributed by atoms with Gasteiger partial charge in [-0.15, -0.1) is 0 Å². The van der Waals surface area contributed by atoms with Gasteiger partial charge in [-0.2, -0.15) is 0 Å². The van der Waals surface area contributed by atoms with Gasteiger partial charge in [-0.05, 0) is 77.0 Å². The van der Waals surface area contributed by atoms with Crippen LogP contribution < -0.4 is 5.32 Å². The molecule has 9 heteroatoms. The van der Waals surface area contributed by atoms with Crippen LogP contribution in [0.3, 0.4) is 0 Å². The lowest BCUT2D eigenvalue weighted by molar-refractivity contribution is -0.302. The van der Waals surface area contributed by atoms with Crippen LogP contribution in [-0.4, -0.2) is 87.5 Å². The Morgan fingerprint density at radius 1 is 0.374 bits per heavy atom. The maximum absolute atomic E-state index is 13.2. The molecule has 1 aliphatic heterocycles. The van der Waals surface area contributed by atoms with Crippen molar-refractivity contribution in [3.8, 4) is 0 Å². The monoisotopic (exact) mass is 1280 g/mol. The van der Waals surface area contributed by atoms with Crippen LogP contribution in [0.2, 0.25) is 0 Å². The minimum Gasteiger partial charge on any atom is -0.394 e. The van der Waals surface area contributed by atoms with Gasteiger partial charge in [0.2, 0.25) is 5.91 Å². The van der Waals surface area contributed by atoms with Crippen LogP contribution in [0.5, 0.6) is 0 Å². The molecule has 1 saturated heterocycles. The standard InChI is InChI=1S/C82H153NO8/c1-3-5-7-9-11-13-15-17-19-21-23-25-27-29-31-32-33-34-35-36-37-38-39-40-41-42-43-44-46-48-50-52-54-56-58-60-62-64-66-68-70-72-78(86)83-75(74-90-82-81(89)80(88)79(87)77(73-84)91-82)76(85)71-69-67-65-63-61-59-57-55-53-51-49-47-45-30-28-26-24-22-20-18-16-14-12-10-8-6-4-2/h15,17,21,23,53,55,61,63,69,71,75-77,79-82,84-85,87-89H,3-14,16,18-20,22,24-52,54,56-60,62,64-68,70,72-74H2,1-2H3,(H,83,86)/b17-15-,23-21-,55-53+,63-61+,71-69+. The molecule has 0 aromatic heterocycles. The van der Waals surface area contributed by atoms with Crippen LogP contribution in [-0.2, 0) is 14.3 Å². The summed E-state index contributed by atoms with van der Waals surface area (Å²) in [5.74, 6) is -0.183. The number of allylic oxidation sites excluding steroid dienone is 9. The van der Waals surface area contributed by atoms with Crippen LogP contribution in [0.1, 0.15) is 399 Å². The van der Waals surface area contributed by atoms with Crippen LogP contribution in [0.4, 0.5) is 0 Å². The lowest BCUT2D eigenvalue weighted by atomic mass is 9.99. The molecular formula is C82H153NO8. The molecule has 7 atom stereocenters. The molecule has 1 aliphatic rings. The predicted octanol–water partition coefficient (Wildman–Crippen LogP) is 22.9. The van der Waals surface area contributed by atoms with Crippen LogP contribution in [0.15, 0.2) is 60.8 Å². The van der Waals surface area contributed by atoms with Gasteiger partial charge in [0.1, 0.15) is 24.4 Å². The molecule has 534 valence electrons. The summed E-state index contributed by atoms with van der Waals surface area (Å²) in [5, 5.41) is 54.8. The Kier molecular flexibility index (Phi) is 67.5. The molecule has 0 aliphatic carbocycles. The highest BCUT2D eigenvalue weighted by Crippen LogP contribution is 2.24. The quantitative estimate of drug-likeness (QED) is 0.0261. The van der Waals surface area contributed by atoms with E-state index in [0.717, 1.165) is 51.4 Å². The molecule has 1 fully saturated rings. The number of aliphatic hydroxyl groups excluding tert-OH is 5. The van der Waals surface area contributed by atoms with E-state index in [-0.39, 0.29) is 12.5 Å². The molecule has 0 spiro atoms. The maximum atomic E-state index is 13.2. The highest BCUT2D eigenvalue weighted by Gasteiger charge is 2.44. The van der Waals surface area contributed by atoms with Crippen LogP contribution in [0, 0.1) is 0 Å². The number of aliphatic hydroxyl groups is 5. The van der Waals surface area contributed by atoms with Crippen LogP contribution in [0.25, 0.3) is 0 Å². The normalized spacial score (nSPS) is 18.0. The third-order valence-electron chi connectivity index (χ3n) is 19.0. The largest absolute Gasteiger partial charge is 0.394 e. The summed E-state index contributed by atoms with van der Waals surface area (Å²) >= 11 is 0. The number of unbranched alkanes of at least 4 members (excludes halogenated alkanes) is 53. The van der Waals surface area contributed by atoms with E-state index in [1.165, 1.54) is 327 Å². The second-order valence-electron chi connectivity index (χ2n) is 27.8. The van der Waals surface area contributed by atoms with Crippen molar-refractivity contribution in [2.24, 2.45) is 0 Å². The van der Waals surface area contributed by atoms with Gasteiger partial charge in [0.25, 0.3) is 0 Å². The smallest absolute Gasteiger partial charge is 0.220 e. The molecule has 6 N–H and O–H groups in total. The van der Waals surface area contributed by atoms with Gasteiger partial charge in [0.05, 0.1) is 25.4 Å². The number of ether oxygens (including phenoxy) is 2. The molecule has 0 aromatic rings. The molecule has 0 aromatic carbocycles. The fourth-order valence-corrected chi connectivity index (χ4v) is 12.8. The van der Waals surface area contributed by atoms with Crippen molar-refractivity contribution in [2.75, 3.05) is 13.2 Å². The molecule has 7 unspecified atom stereocenters. The first-order chi connectivity index (χ1) is 44.8. The van der Waals surface area contributed by atoms with Crippen molar-refractivity contribution < 1.29 is 39.8 Å². The number of amides is 1. The Morgan fingerprint density at radius 2 is 0.659 bits per heavy atom. The minimum absolute atomic E-state index is 0.183. The van der Waals surface area contributed by atoms with Crippen molar-refractivity contribution in [3.63, 3.8) is 0 Å². The maximum Gasteiger partial charge on any atom is 0.220 e. The van der Waals surface area contributed by atoms with Crippen molar-refractivity contribution in [2.45, 2.75) is 442 Å². The van der Waals surface area contributed by atoms with E-state index >= 15 is 0 Å². The van der Waals surface area contributed by atoms with E-state index < -0.39 is 49.5 Å². The Hall–Kier alpha value is -2.11. The molecule has 9 nitrogen and oxygen atoms in total. The summed E-state index contributed by atoms with van der Waals surface area (Å²) in [6, 6.07) is -0.830. The highest BCUT2D eigenvalue weighted by molar-refractivity contribution is 5.76.